The summed E-state index contributed by atoms with van der Waals surface area (Å²) >= 11 is 7.82. The highest BCUT2D eigenvalue weighted by Crippen LogP contribution is 2.29. The van der Waals surface area contributed by atoms with Crippen LogP contribution in [0.5, 0.6) is 0 Å². The molecule has 0 aliphatic carbocycles. The molecular weight excluding hydrogens is 330 g/mol. The van der Waals surface area contributed by atoms with Crippen molar-refractivity contribution in [2.45, 2.75) is 13.0 Å². The largest absolute Gasteiger partial charge is 0.322 e. The molecule has 1 atom stereocenters. The number of hydrogen-bond donors (Lipinski definition) is 1. The van der Waals surface area contributed by atoms with Crippen LogP contribution in [0.2, 0.25) is 5.02 Å². The van der Waals surface area contributed by atoms with E-state index in [1.165, 1.54) is 0 Å². The molecule has 0 saturated carbocycles. The van der Waals surface area contributed by atoms with Gasteiger partial charge in [0.05, 0.1) is 22.3 Å². The van der Waals surface area contributed by atoms with Gasteiger partial charge in [-0.1, -0.05) is 17.7 Å². The van der Waals surface area contributed by atoms with Gasteiger partial charge in [0.2, 0.25) is 0 Å². The van der Waals surface area contributed by atoms with Gasteiger partial charge in [0, 0.05) is 23.5 Å². The summed E-state index contributed by atoms with van der Waals surface area (Å²) in [4.78, 5) is 19.7. The second-order valence-electron chi connectivity index (χ2n) is 5.23. The Morgan fingerprint density at radius 1 is 1.30 bits per heavy atom. The average molecular weight is 346 g/mol. The van der Waals surface area contributed by atoms with E-state index in [9.17, 15) is 4.79 Å². The molecule has 0 unspecified atom stereocenters. The predicted molar refractivity (Wildman–Crippen MR) is 96.3 cm³/mol. The lowest BCUT2D eigenvalue weighted by molar-refractivity contribution is 0.209. The fourth-order valence-electron chi connectivity index (χ4n) is 2.34. The lowest BCUT2D eigenvalue weighted by atomic mass is 10.2. The number of pyridine rings is 1. The maximum Gasteiger partial charge on any atom is 0.322 e. The SMILES string of the molecule is C[C@@H](c1cccs1)N(C)C(=O)Nc1ccc(Cl)c2cccnc12. The fourth-order valence-corrected chi connectivity index (χ4v) is 3.38. The first-order chi connectivity index (χ1) is 11.1. The van der Waals surface area contributed by atoms with Crippen molar-refractivity contribution in [1.82, 2.24) is 9.88 Å². The average Bonchev–Trinajstić information content (AvgIpc) is 3.10. The Labute approximate surface area is 143 Å². The summed E-state index contributed by atoms with van der Waals surface area (Å²) in [7, 11) is 1.78. The maximum atomic E-state index is 12.5. The van der Waals surface area contributed by atoms with Gasteiger partial charge in [-0.25, -0.2) is 4.79 Å². The number of hydrogen-bond acceptors (Lipinski definition) is 3. The van der Waals surface area contributed by atoms with Crippen LogP contribution in [0, 0.1) is 0 Å². The van der Waals surface area contributed by atoms with E-state index in [1.54, 1.807) is 41.6 Å². The molecule has 1 aromatic carbocycles. The molecule has 118 valence electrons. The van der Waals surface area contributed by atoms with Gasteiger partial charge in [-0.15, -0.1) is 11.3 Å². The monoisotopic (exact) mass is 345 g/mol. The second-order valence-corrected chi connectivity index (χ2v) is 6.61. The van der Waals surface area contributed by atoms with Crippen molar-refractivity contribution in [1.29, 1.82) is 0 Å². The third-order valence-corrected chi connectivity index (χ3v) is 5.19. The minimum Gasteiger partial charge on any atom is -0.320 e. The highest BCUT2D eigenvalue weighted by Gasteiger charge is 2.19. The first kappa shape index (κ1) is 15.8. The Morgan fingerprint density at radius 2 is 2.13 bits per heavy atom. The first-order valence-corrected chi connectivity index (χ1v) is 8.44. The van der Waals surface area contributed by atoms with Crippen molar-refractivity contribution < 1.29 is 4.79 Å². The Bertz CT molecular complexity index is 835. The number of rotatable bonds is 3. The molecule has 0 fully saturated rings. The van der Waals surface area contributed by atoms with Crippen LogP contribution in [-0.2, 0) is 0 Å². The number of nitrogens with one attached hydrogen (secondary N) is 1. The number of nitrogens with zero attached hydrogens (tertiary/aromatic N) is 2. The first-order valence-electron chi connectivity index (χ1n) is 7.18. The van der Waals surface area contributed by atoms with Crippen LogP contribution >= 0.6 is 22.9 Å². The van der Waals surface area contributed by atoms with Gasteiger partial charge >= 0.3 is 6.03 Å². The van der Waals surface area contributed by atoms with Crippen molar-refractivity contribution in [2.75, 3.05) is 12.4 Å². The number of halogens is 1. The fraction of sp³-hybridized carbons (Fsp3) is 0.176. The number of fused-ring (bicyclic) bond motifs is 1. The van der Waals surface area contributed by atoms with Gasteiger partial charge in [0.1, 0.15) is 0 Å². The van der Waals surface area contributed by atoms with E-state index in [1.807, 2.05) is 36.6 Å². The highest BCUT2D eigenvalue weighted by molar-refractivity contribution is 7.10. The smallest absolute Gasteiger partial charge is 0.320 e. The molecule has 1 N–H and O–H groups in total. The third-order valence-electron chi connectivity index (χ3n) is 3.81. The second kappa shape index (κ2) is 6.56. The standard InChI is InChI=1S/C17H16ClN3OS/c1-11(15-6-4-10-23-15)21(2)17(22)20-14-8-7-13(18)12-5-3-9-19-16(12)14/h3-11H,1-2H3,(H,20,22)/t11-/m0/s1. The van der Waals surface area contributed by atoms with Crippen LogP contribution in [-0.4, -0.2) is 23.0 Å². The lowest BCUT2D eigenvalue weighted by Gasteiger charge is -2.24. The summed E-state index contributed by atoms with van der Waals surface area (Å²) in [5.41, 5.74) is 1.34. The number of carbonyl (C=O) groups excluding carboxylic acids is 1. The summed E-state index contributed by atoms with van der Waals surface area (Å²) in [5.74, 6) is 0. The molecule has 2 aromatic heterocycles. The van der Waals surface area contributed by atoms with Gasteiger partial charge < -0.3 is 10.2 Å². The van der Waals surface area contributed by atoms with Crippen molar-refractivity contribution in [3.63, 3.8) is 0 Å². The third kappa shape index (κ3) is 3.16. The molecule has 0 bridgehead atoms. The summed E-state index contributed by atoms with van der Waals surface area (Å²) in [6.07, 6.45) is 1.69. The minimum absolute atomic E-state index is 0.00141. The molecule has 0 spiro atoms. The van der Waals surface area contributed by atoms with Crippen LogP contribution < -0.4 is 5.32 Å². The van der Waals surface area contributed by atoms with Crippen LogP contribution in [0.1, 0.15) is 17.8 Å². The van der Waals surface area contributed by atoms with E-state index in [-0.39, 0.29) is 12.1 Å². The molecule has 23 heavy (non-hydrogen) atoms. The lowest BCUT2D eigenvalue weighted by Crippen LogP contribution is -2.33. The van der Waals surface area contributed by atoms with E-state index in [0.29, 0.717) is 16.2 Å². The zero-order valence-electron chi connectivity index (χ0n) is 12.8. The van der Waals surface area contributed by atoms with Crippen molar-refractivity contribution in [2.24, 2.45) is 0 Å². The van der Waals surface area contributed by atoms with E-state index < -0.39 is 0 Å². The maximum absolute atomic E-state index is 12.5. The zero-order valence-corrected chi connectivity index (χ0v) is 14.4. The Balaban J connectivity index is 1.84. The zero-order chi connectivity index (χ0) is 16.4. The van der Waals surface area contributed by atoms with Gasteiger partial charge in [-0.2, -0.15) is 0 Å². The molecule has 2 amide bonds. The van der Waals surface area contributed by atoms with Crippen LogP contribution in [0.15, 0.2) is 48.0 Å². The summed E-state index contributed by atoms with van der Waals surface area (Å²) < 4.78 is 0. The number of urea groups is 1. The summed E-state index contributed by atoms with van der Waals surface area (Å²) in [6, 6.07) is 11.1. The number of thiophene rings is 1. The van der Waals surface area contributed by atoms with Crippen molar-refractivity contribution in [3.05, 3.63) is 57.9 Å². The van der Waals surface area contributed by atoms with Gasteiger partial charge in [-0.3, -0.25) is 4.98 Å². The minimum atomic E-state index is -0.180. The summed E-state index contributed by atoms with van der Waals surface area (Å²) in [6.45, 7) is 2.00. The van der Waals surface area contributed by atoms with E-state index in [0.717, 1.165) is 10.3 Å². The topological polar surface area (TPSA) is 45.2 Å². The molecule has 3 aromatic rings. The van der Waals surface area contributed by atoms with E-state index >= 15 is 0 Å². The number of anilines is 1. The molecular formula is C17H16ClN3OS. The number of benzene rings is 1. The molecule has 0 saturated heterocycles. The van der Waals surface area contributed by atoms with Crippen LogP contribution in [0.25, 0.3) is 10.9 Å². The number of aromatic nitrogens is 1. The van der Waals surface area contributed by atoms with Gasteiger partial charge in [-0.05, 0) is 42.6 Å². The number of carbonyl (C=O) groups is 1. The van der Waals surface area contributed by atoms with Crippen LogP contribution in [0.4, 0.5) is 10.5 Å². The Hall–Kier alpha value is -2.11. The Morgan fingerprint density at radius 3 is 2.87 bits per heavy atom. The molecule has 3 rings (SSSR count). The quantitative estimate of drug-likeness (QED) is 0.711. The van der Waals surface area contributed by atoms with Crippen LogP contribution in [0.3, 0.4) is 0 Å². The van der Waals surface area contributed by atoms with Gasteiger partial charge in [0.25, 0.3) is 0 Å². The van der Waals surface area contributed by atoms with Gasteiger partial charge in [0.15, 0.2) is 0 Å². The predicted octanol–water partition coefficient (Wildman–Crippen LogP) is 5.17. The Kier molecular flexibility index (Phi) is 4.50. The van der Waals surface area contributed by atoms with E-state index in [4.69, 9.17) is 11.6 Å². The number of amides is 2. The molecule has 0 radical (unpaired) electrons. The highest BCUT2D eigenvalue weighted by atomic mass is 35.5. The molecule has 0 aliphatic heterocycles. The summed E-state index contributed by atoms with van der Waals surface area (Å²) in [5, 5.41) is 6.37. The molecule has 4 nitrogen and oxygen atoms in total. The van der Waals surface area contributed by atoms with Crippen molar-refractivity contribution in [3.8, 4) is 0 Å². The van der Waals surface area contributed by atoms with Crippen molar-refractivity contribution >= 4 is 45.6 Å². The molecule has 0 aliphatic rings. The molecule has 6 heteroatoms. The normalized spacial score (nSPS) is 12.1. The molecule has 2 heterocycles. The van der Waals surface area contributed by atoms with E-state index in [2.05, 4.69) is 10.3 Å².